The average Bonchev–Trinajstić information content (AvgIpc) is 3.01. The third kappa shape index (κ3) is 4.65. The molecule has 0 aromatic heterocycles. The Hall–Kier alpha value is -3.40. The summed E-state index contributed by atoms with van der Waals surface area (Å²) in [6.07, 6.45) is -0.115. The van der Waals surface area contributed by atoms with Crippen LogP contribution in [-0.2, 0) is 9.59 Å². The van der Waals surface area contributed by atoms with E-state index in [1.165, 1.54) is 25.3 Å². The third-order valence-corrected chi connectivity index (χ3v) is 4.88. The van der Waals surface area contributed by atoms with Crippen LogP contribution in [0.25, 0.3) is 0 Å². The molecule has 9 nitrogen and oxygen atoms in total. The van der Waals surface area contributed by atoms with E-state index in [9.17, 15) is 19.7 Å². The molecule has 2 amide bonds. The Morgan fingerprint density at radius 3 is 2.75 bits per heavy atom. The number of methoxy groups -OCH3 is 1. The minimum atomic E-state index is -0.646. The quantitative estimate of drug-likeness (QED) is 0.568. The van der Waals surface area contributed by atoms with Gasteiger partial charge in [-0.05, 0) is 18.2 Å². The van der Waals surface area contributed by atoms with Gasteiger partial charge in [-0.15, -0.1) is 0 Å². The number of thioether (sulfide) groups is 1. The van der Waals surface area contributed by atoms with Gasteiger partial charge in [-0.3, -0.25) is 19.7 Å². The van der Waals surface area contributed by atoms with Gasteiger partial charge in [0, 0.05) is 18.6 Å². The molecule has 28 heavy (non-hydrogen) atoms. The number of non-ortho nitro benzene ring substituents is 1. The second-order valence-corrected chi connectivity index (χ2v) is 6.93. The number of para-hydroxylation sites is 1. The first-order valence-electron chi connectivity index (χ1n) is 8.20. The van der Waals surface area contributed by atoms with Crippen LogP contribution in [0.3, 0.4) is 0 Å². The first-order chi connectivity index (χ1) is 13.5. The molecule has 1 aliphatic heterocycles. The van der Waals surface area contributed by atoms with Crippen molar-refractivity contribution in [2.24, 2.45) is 4.99 Å². The van der Waals surface area contributed by atoms with Gasteiger partial charge in [0.1, 0.15) is 11.0 Å². The Labute approximate surface area is 164 Å². The number of hydrogen-bond donors (Lipinski definition) is 2. The number of benzene rings is 2. The van der Waals surface area contributed by atoms with Crippen molar-refractivity contribution in [2.45, 2.75) is 11.7 Å². The predicted molar refractivity (Wildman–Crippen MR) is 106 cm³/mol. The number of amides is 2. The van der Waals surface area contributed by atoms with E-state index >= 15 is 0 Å². The summed E-state index contributed by atoms with van der Waals surface area (Å²) in [5, 5.41) is 15.9. The fourth-order valence-electron chi connectivity index (χ4n) is 2.49. The van der Waals surface area contributed by atoms with Crippen LogP contribution in [0.5, 0.6) is 5.75 Å². The molecule has 1 saturated heterocycles. The highest BCUT2D eigenvalue weighted by molar-refractivity contribution is 8.15. The number of nitrogens with zero attached hydrogens (tertiary/aromatic N) is 2. The molecule has 0 bridgehead atoms. The van der Waals surface area contributed by atoms with E-state index in [0.29, 0.717) is 10.9 Å². The number of aliphatic imine (C=N–C) groups is 1. The maximum absolute atomic E-state index is 12.4. The Bertz CT molecular complexity index is 948. The molecule has 1 atom stereocenters. The molecule has 2 N–H and O–H groups in total. The summed E-state index contributed by atoms with van der Waals surface area (Å²) in [7, 11) is 1.39. The number of carbonyl (C=O) groups excluding carboxylic acids is 2. The SMILES string of the molecule is COc1ccc([N+](=O)[O-])cc1NC(=O)C[C@H]1SC(=Nc2ccccc2)NC1=O. The fraction of sp³-hybridized carbons (Fsp3) is 0.167. The van der Waals surface area contributed by atoms with Crippen molar-refractivity contribution in [1.82, 2.24) is 5.32 Å². The van der Waals surface area contributed by atoms with Crippen molar-refractivity contribution in [2.75, 3.05) is 12.4 Å². The van der Waals surface area contributed by atoms with E-state index in [2.05, 4.69) is 15.6 Å². The Morgan fingerprint density at radius 2 is 2.07 bits per heavy atom. The molecule has 0 aliphatic carbocycles. The zero-order valence-corrected chi connectivity index (χ0v) is 15.6. The maximum atomic E-state index is 12.4. The van der Waals surface area contributed by atoms with Crippen LogP contribution in [0, 0.1) is 10.1 Å². The second kappa shape index (κ2) is 8.53. The largest absolute Gasteiger partial charge is 0.495 e. The summed E-state index contributed by atoms with van der Waals surface area (Å²) in [6.45, 7) is 0. The molecular weight excluding hydrogens is 384 g/mol. The topological polar surface area (TPSA) is 123 Å². The van der Waals surface area contributed by atoms with Crippen molar-refractivity contribution >= 4 is 45.8 Å². The zero-order chi connectivity index (χ0) is 20.1. The van der Waals surface area contributed by atoms with Gasteiger partial charge in [-0.1, -0.05) is 30.0 Å². The van der Waals surface area contributed by atoms with Crippen molar-refractivity contribution in [3.05, 3.63) is 58.6 Å². The number of hydrogen-bond acceptors (Lipinski definition) is 7. The Balaban J connectivity index is 1.67. The summed E-state index contributed by atoms with van der Waals surface area (Å²) >= 11 is 1.16. The maximum Gasteiger partial charge on any atom is 0.271 e. The van der Waals surface area contributed by atoms with Crippen LogP contribution in [0.2, 0.25) is 0 Å². The lowest BCUT2D eigenvalue weighted by atomic mass is 10.2. The van der Waals surface area contributed by atoms with E-state index in [1.807, 2.05) is 18.2 Å². The fourth-order valence-corrected chi connectivity index (χ4v) is 3.48. The molecule has 0 spiro atoms. The van der Waals surface area contributed by atoms with Crippen molar-refractivity contribution in [3.8, 4) is 5.75 Å². The molecule has 2 aromatic rings. The van der Waals surface area contributed by atoms with Gasteiger partial charge < -0.3 is 15.4 Å². The number of amidine groups is 1. The van der Waals surface area contributed by atoms with Crippen molar-refractivity contribution < 1.29 is 19.2 Å². The minimum absolute atomic E-state index is 0.115. The average molecular weight is 400 g/mol. The second-order valence-electron chi connectivity index (χ2n) is 5.74. The van der Waals surface area contributed by atoms with Gasteiger partial charge in [0.15, 0.2) is 5.17 Å². The van der Waals surface area contributed by atoms with Gasteiger partial charge in [-0.2, -0.15) is 0 Å². The highest BCUT2D eigenvalue weighted by Gasteiger charge is 2.32. The molecule has 0 saturated carbocycles. The molecule has 144 valence electrons. The summed E-state index contributed by atoms with van der Waals surface area (Å²) in [5.74, 6) is -0.498. The summed E-state index contributed by atoms with van der Waals surface area (Å²) < 4.78 is 5.11. The molecule has 3 rings (SSSR count). The zero-order valence-electron chi connectivity index (χ0n) is 14.7. The van der Waals surface area contributed by atoms with E-state index in [0.717, 1.165) is 11.8 Å². The highest BCUT2D eigenvalue weighted by Crippen LogP contribution is 2.30. The van der Waals surface area contributed by atoms with Crippen molar-refractivity contribution in [3.63, 3.8) is 0 Å². The number of carbonyl (C=O) groups is 2. The molecule has 0 radical (unpaired) electrons. The Kier molecular flexibility index (Phi) is 5.90. The first kappa shape index (κ1) is 19.4. The molecule has 1 heterocycles. The molecule has 1 aliphatic rings. The van der Waals surface area contributed by atoms with Crippen LogP contribution in [0.4, 0.5) is 17.1 Å². The number of rotatable bonds is 6. The van der Waals surface area contributed by atoms with Crippen LogP contribution < -0.4 is 15.4 Å². The number of anilines is 1. The molecule has 1 fully saturated rings. The van der Waals surface area contributed by atoms with Crippen LogP contribution >= 0.6 is 11.8 Å². The van der Waals surface area contributed by atoms with Crippen molar-refractivity contribution in [1.29, 1.82) is 0 Å². The van der Waals surface area contributed by atoms with Gasteiger partial charge in [0.05, 0.1) is 23.4 Å². The summed E-state index contributed by atoms with van der Waals surface area (Å²) in [5.41, 5.74) is 0.682. The third-order valence-electron chi connectivity index (χ3n) is 3.80. The minimum Gasteiger partial charge on any atom is -0.495 e. The molecule has 10 heteroatoms. The number of nitro benzene ring substituents is 1. The van der Waals surface area contributed by atoms with Crippen LogP contribution in [0.15, 0.2) is 53.5 Å². The molecule has 0 unspecified atom stereocenters. The number of nitrogens with one attached hydrogen (secondary N) is 2. The lowest BCUT2D eigenvalue weighted by molar-refractivity contribution is -0.384. The van der Waals surface area contributed by atoms with Gasteiger partial charge in [0.2, 0.25) is 11.8 Å². The van der Waals surface area contributed by atoms with Gasteiger partial charge >= 0.3 is 0 Å². The first-order valence-corrected chi connectivity index (χ1v) is 9.08. The lowest BCUT2D eigenvalue weighted by Gasteiger charge is -2.11. The van der Waals surface area contributed by atoms with E-state index in [-0.39, 0.29) is 29.5 Å². The monoisotopic (exact) mass is 400 g/mol. The molecule has 2 aromatic carbocycles. The predicted octanol–water partition coefficient (Wildman–Crippen LogP) is 2.85. The normalized spacial score (nSPS) is 17.2. The van der Waals surface area contributed by atoms with Crippen LogP contribution in [0.1, 0.15) is 6.42 Å². The van der Waals surface area contributed by atoms with E-state index in [4.69, 9.17) is 4.74 Å². The highest BCUT2D eigenvalue weighted by atomic mass is 32.2. The lowest BCUT2D eigenvalue weighted by Crippen LogP contribution is -2.28. The van der Waals surface area contributed by atoms with Gasteiger partial charge in [-0.25, -0.2) is 4.99 Å². The molecular formula is C18H16N4O5S. The summed E-state index contributed by atoms with van der Waals surface area (Å²) in [6, 6.07) is 13.0. The van der Waals surface area contributed by atoms with E-state index in [1.54, 1.807) is 12.1 Å². The smallest absolute Gasteiger partial charge is 0.271 e. The number of ether oxygens (including phenoxy) is 1. The standard InChI is InChI=1S/C18H16N4O5S/c1-27-14-8-7-12(22(25)26)9-13(14)20-16(23)10-15-17(24)21-18(28-15)19-11-5-3-2-4-6-11/h2-9,15H,10H2,1H3,(H,20,23)(H,19,21,24)/t15-/m1/s1. The Morgan fingerprint density at radius 1 is 1.32 bits per heavy atom. The van der Waals surface area contributed by atoms with Crippen LogP contribution in [-0.4, -0.2) is 34.3 Å². The number of nitro groups is 1. The summed E-state index contributed by atoms with van der Waals surface area (Å²) in [4.78, 5) is 39.2. The van der Waals surface area contributed by atoms with Gasteiger partial charge in [0.25, 0.3) is 5.69 Å². The van der Waals surface area contributed by atoms with E-state index < -0.39 is 16.1 Å².